The summed E-state index contributed by atoms with van der Waals surface area (Å²) in [6.07, 6.45) is 0.196. The van der Waals surface area contributed by atoms with E-state index in [2.05, 4.69) is 0 Å². The van der Waals surface area contributed by atoms with Crippen molar-refractivity contribution in [3.8, 4) is 5.75 Å². The molecule has 1 aromatic carbocycles. The molecule has 0 aliphatic carbocycles. The van der Waals surface area contributed by atoms with Crippen LogP contribution in [0.5, 0.6) is 5.75 Å². The Kier molecular flexibility index (Phi) is 2.93. The summed E-state index contributed by atoms with van der Waals surface area (Å²) in [5.74, 6) is 0.890. The average Bonchev–Trinajstić information content (AvgIpc) is 2.17. The molecule has 0 radical (unpaired) electrons. The van der Waals surface area contributed by atoms with E-state index in [-0.39, 0.29) is 12.1 Å². The van der Waals surface area contributed by atoms with Crippen LogP contribution in [0.25, 0.3) is 0 Å². The van der Waals surface area contributed by atoms with Crippen LogP contribution in [0, 0.1) is 0 Å². The molecule has 0 aromatic heterocycles. The second-order valence-corrected chi connectivity index (χ2v) is 4.15. The number of hydrogen-bond donors (Lipinski definition) is 1. The molecule has 1 heterocycles. The van der Waals surface area contributed by atoms with Gasteiger partial charge in [0.05, 0.1) is 25.4 Å². The predicted octanol–water partition coefficient (Wildman–Crippen LogP) is 2.00. The van der Waals surface area contributed by atoms with Crippen molar-refractivity contribution in [2.45, 2.75) is 32.6 Å². The van der Waals surface area contributed by atoms with Gasteiger partial charge in [-0.1, -0.05) is 6.07 Å². The molecule has 15 heavy (non-hydrogen) atoms. The number of fused-ring (bicyclic) bond motifs is 1. The van der Waals surface area contributed by atoms with E-state index in [0.29, 0.717) is 13.2 Å². The molecule has 0 amide bonds. The standard InChI is InChI=1S/C12H17NO2/c1-8(2)15-10-3-4-11-9(5-10)6-14-7-12(11)13/h3-5,8,12H,6-7,13H2,1-2H3/t12-/m1/s1. The first-order chi connectivity index (χ1) is 7.16. The van der Waals surface area contributed by atoms with Gasteiger partial charge in [0.1, 0.15) is 5.75 Å². The summed E-state index contributed by atoms with van der Waals surface area (Å²) in [5, 5.41) is 0. The third-order valence-corrected chi connectivity index (χ3v) is 2.44. The van der Waals surface area contributed by atoms with Gasteiger partial charge in [0, 0.05) is 0 Å². The van der Waals surface area contributed by atoms with Crippen molar-refractivity contribution < 1.29 is 9.47 Å². The van der Waals surface area contributed by atoms with Gasteiger partial charge in [-0.2, -0.15) is 0 Å². The fourth-order valence-electron chi connectivity index (χ4n) is 1.80. The molecule has 0 spiro atoms. The van der Waals surface area contributed by atoms with E-state index in [1.807, 2.05) is 32.0 Å². The summed E-state index contributed by atoms with van der Waals surface area (Å²) >= 11 is 0. The Balaban J connectivity index is 2.25. The van der Waals surface area contributed by atoms with E-state index in [4.69, 9.17) is 15.2 Å². The molecule has 0 saturated carbocycles. The lowest BCUT2D eigenvalue weighted by molar-refractivity contribution is 0.0919. The van der Waals surface area contributed by atoms with Gasteiger partial charge < -0.3 is 15.2 Å². The number of hydrogen-bond acceptors (Lipinski definition) is 3. The normalized spacial score (nSPS) is 20.1. The van der Waals surface area contributed by atoms with Crippen LogP contribution < -0.4 is 10.5 Å². The molecule has 0 bridgehead atoms. The highest BCUT2D eigenvalue weighted by atomic mass is 16.5. The van der Waals surface area contributed by atoms with E-state index in [1.165, 1.54) is 5.56 Å². The second kappa shape index (κ2) is 4.21. The number of benzene rings is 1. The molecule has 2 N–H and O–H groups in total. The Bertz CT molecular complexity index is 349. The highest BCUT2D eigenvalue weighted by Crippen LogP contribution is 2.27. The summed E-state index contributed by atoms with van der Waals surface area (Å²) in [6.45, 7) is 5.28. The molecule has 1 aliphatic heterocycles. The van der Waals surface area contributed by atoms with Gasteiger partial charge >= 0.3 is 0 Å². The van der Waals surface area contributed by atoms with Crippen molar-refractivity contribution in [3.63, 3.8) is 0 Å². The van der Waals surface area contributed by atoms with Crippen LogP contribution in [0.2, 0.25) is 0 Å². The Morgan fingerprint density at radius 1 is 1.47 bits per heavy atom. The maximum Gasteiger partial charge on any atom is 0.120 e. The van der Waals surface area contributed by atoms with Gasteiger partial charge in [-0.3, -0.25) is 0 Å². The van der Waals surface area contributed by atoms with Gasteiger partial charge in [0.15, 0.2) is 0 Å². The van der Waals surface area contributed by atoms with Gasteiger partial charge in [0.25, 0.3) is 0 Å². The first-order valence-corrected chi connectivity index (χ1v) is 5.29. The van der Waals surface area contributed by atoms with Crippen LogP contribution >= 0.6 is 0 Å². The SMILES string of the molecule is CC(C)Oc1ccc2c(c1)COC[C@H]2N. The van der Waals surface area contributed by atoms with Crippen LogP contribution in [0.3, 0.4) is 0 Å². The molecule has 2 rings (SSSR count). The molecular formula is C12H17NO2. The Hall–Kier alpha value is -1.06. The summed E-state index contributed by atoms with van der Waals surface area (Å²) in [4.78, 5) is 0. The van der Waals surface area contributed by atoms with Crippen LogP contribution in [0.15, 0.2) is 18.2 Å². The smallest absolute Gasteiger partial charge is 0.120 e. The number of rotatable bonds is 2. The van der Waals surface area contributed by atoms with Gasteiger partial charge in [-0.25, -0.2) is 0 Å². The average molecular weight is 207 g/mol. The van der Waals surface area contributed by atoms with E-state index in [1.54, 1.807) is 0 Å². The zero-order valence-corrected chi connectivity index (χ0v) is 9.19. The largest absolute Gasteiger partial charge is 0.491 e. The highest BCUT2D eigenvalue weighted by Gasteiger charge is 2.17. The second-order valence-electron chi connectivity index (χ2n) is 4.15. The number of nitrogens with two attached hydrogens (primary N) is 1. The summed E-state index contributed by atoms with van der Waals surface area (Å²) < 4.78 is 11.0. The molecule has 3 heteroatoms. The third-order valence-electron chi connectivity index (χ3n) is 2.44. The minimum Gasteiger partial charge on any atom is -0.491 e. The van der Waals surface area contributed by atoms with Crippen LogP contribution in [0.1, 0.15) is 31.0 Å². The van der Waals surface area contributed by atoms with Crippen LogP contribution in [-0.2, 0) is 11.3 Å². The van der Waals surface area contributed by atoms with Crippen molar-refractivity contribution in [2.24, 2.45) is 5.73 Å². The molecule has 0 unspecified atom stereocenters. The molecule has 0 saturated heterocycles. The first-order valence-electron chi connectivity index (χ1n) is 5.29. The molecule has 1 aromatic rings. The Morgan fingerprint density at radius 2 is 2.27 bits per heavy atom. The quantitative estimate of drug-likeness (QED) is 0.806. The van der Waals surface area contributed by atoms with E-state index >= 15 is 0 Å². The van der Waals surface area contributed by atoms with E-state index in [0.717, 1.165) is 11.3 Å². The van der Waals surface area contributed by atoms with Crippen molar-refractivity contribution in [1.82, 2.24) is 0 Å². The topological polar surface area (TPSA) is 44.5 Å². The molecule has 1 aliphatic rings. The lowest BCUT2D eigenvalue weighted by Gasteiger charge is -2.23. The monoisotopic (exact) mass is 207 g/mol. The van der Waals surface area contributed by atoms with E-state index in [9.17, 15) is 0 Å². The number of ether oxygens (including phenoxy) is 2. The van der Waals surface area contributed by atoms with Crippen molar-refractivity contribution in [3.05, 3.63) is 29.3 Å². The molecule has 82 valence electrons. The highest BCUT2D eigenvalue weighted by molar-refractivity contribution is 5.38. The zero-order valence-electron chi connectivity index (χ0n) is 9.19. The molecular weight excluding hydrogens is 190 g/mol. The van der Waals surface area contributed by atoms with Gasteiger partial charge in [0.2, 0.25) is 0 Å². The Morgan fingerprint density at radius 3 is 3.00 bits per heavy atom. The van der Waals surface area contributed by atoms with Crippen molar-refractivity contribution in [1.29, 1.82) is 0 Å². The lowest BCUT2D eigenvalue weighted by atomic mass is 9.99. The van der Waals surface area contributed by atoms with Crippen LogP contribution in [0.4, 0.5) is 0 Å². The summed E-state index contributed by atoms with van der Waals surface area (Å²) in [6, 6.07) is 6.04. The third kappa shape index (κ3) is 2.30. The maximum atomic E-state index is 5.93. The Labute approximate surface area is 90.2 Å². The maximum absolute atomic E-state index is 5.93. The lowest BCUT2D eigenvalue weighted by Crippen LogP contribution is -2.23. The fraction of sp³-hybridized carbons (Fsp3) is 0.500. The fourth-order valence-corrected chi connectivity index (χ4v) is 1.80. The van der Waals surface area contributed by atoms with Crippen molar-refractivity contribution in [2.75, 3.05) is 6.61 Å². The van der Waals surface area contributed by atoms with Gasteiger partial charge in [-0.05, 0) is 37.1 Å². The van der Waals surface area contributed by atoms with Gasteiger partial charge in [-0.15, -0.1) is 0 Å². The minimum absolute atomic E-state index is 0.00171. The summed E-state index contributed by atoms with van der Waals surface area (Å²) in [5.41, 5.74) is 8.26. The zero-order chi connectivity index (χ0) is 10.8. The van der Waals surface area contributed by atoms with E-state index < -0.39 is 0 Å². The molecule has 3 nitrogen and oxygen atoms in total. The summed E-state index contributed by atoms with van der Waals surface area (Å²) in [7, 11) is 0. The predicted molar refractivity (Wildman–Crippen MR) is 58.8 cm³/mol. The molecule has 0 fully saturated rings. The minimum atomic E-state index is 0.00171. The first kappa shape index (κ1) is 10.5. The molecule has 1 atom stereocenters. The van der Waals surface area contributed by atoms with Crippen LogP contribution in [-0.4, -0.2) is 12.7 Å². The van der Waals surface area contributed by atoms with Crippen molar-refractivity contribution >= 4 is 0 Å².